The number of fused-ring (bicyclic) bond motifs is 1. The van der Waals surface area contributed by atoms with Crippen molar-refractivity contribution in [3.05, 3.63) is 35.4 Å². The first-order chi connectivity index (χ1) is 8.62. The van der Waals surface area contributed by atoms with Gasteiger partial charge in [-0.25, -0.2) is 9.44 Å². The molecule has 1 unspecified atom stereocenters. The lowest BCUT2D eigenvalue weighted by Gasteiger charge is -2.27. The Bertz CT molecular complexity index is 507. The van der Waals surface area contributed by atoms with Crippen LogP contribution in [0.4, 0.5) is 0 Å². The fourth-order valence-electron chi connectivity index (χ4n) is 2.21. The van der Waals surface area contributed by atoms with E-state index in [-0.39, 0.29) is 18.4 Å². The summed E-state index contributed by atoms with van der Waals surface area (Å²) in [6, 6.07) is 8.19. The normalized spacial score (nSPS) is 18.5. The van der Waals surface area contributed by atoms with E-state index in [1.54, 1.807) is 6.92 Å². The second-order valence-electron chi connectivity index (χ2n) is 4.31. The monoisotopic (exact) mass is 305 g/mol. The number of rotatable bonds is 5. The van der Waals surface area contributed by atoms with E-state index in [9.17, 15) is 8.42 Å². The largest absolute Gasteiger partial charge is 0.308 e. The van der Waals surface area contributed by atoms with Gasteiger partial charge in [0.05, 0.1) is 0 Å². The van der Waals surface area contributed by atoms with E-state index in [1.165, 1.54) is 11.1 Å². The minimum atomic E-state index is -3.37. The molecule has 108 valence electrons. The predicted molar refractivity (Wildman–Crippen MR) is 78.7 cm³/mol. The zero-order valence-corrected chi connectivity index (χ0v) is 12.5. The summed E-state index contributed by atoms with van der Waals surface area (Å²) in [4.78, 5) is 0. The van der Waals surface area contributed by atoms with Crippen molar-refractivity contribution in [2.24, 2.45) is 0 Å². The van der Waals surface area contributed by atoms with Crippen molar-refractivity contribution >= 4 is 22.6 Å². The highest BCUT2D eigenvalue weighted by molar-refractivity contribution is 7.87. The van der Waals surface area contributed by atoms with Crippen molar-refractivity contribution < 1.29 is 8.42 Å². The molecule has 0 spiro atoms. The third-order valence-electron chi connectivity index (χ3n) is 3.03. The molecule has 1 atom stereocenters. The van der Waals surface area contributed by atoms with Crippen LogP contribution in [-0.4, -0.2) is 28.1 Å². The number of benzene rings is 1. The summed E-state index contributed by atoms with van der Waals surface area (Å²) < 4.78 is 28.1. The van der Waals surface area contributed by atoms with Crippen LogP contribution in [0.25, 0.3) is 0 Å². The summed E-state index contributed by atoms with van der Waals surface area (Å²) in [7, 11) is -3.37. The molecule has 1 aromatic rings. The Morgan fingerprint density at radius 3 is 2.79 bits per heavy atom. The molecule has 0 amide bonds. The maximum Gasteiger partial charge on any atom is 0.276 e. The van der Waals surface area contributed by atoms with Gasteiger partial charge in [-0.15, -0.1) is 12.4 Å². The van der Waals surface area contributed by atoms with Gasteiger partial charge in [-0.3, -0.25) is 0 Å². The first-order valence-corrected chi connectivity index (χ1v) is 7.66. The number of hydrogen-bond acceptors (Lipinski definition) is 3. The van der Waals surface area contributed by atoms with Crippen LogP contribution in [0.1, 0.15) is 24.1 Å². The molecule has 0 fully saturated rings. The van der Waals surface area contributed by atoms with E-state index in [1.807, 2.05) is 18.2 Å². The van der Waals surface area contributed by atoms with Gasteiger partial charge in [-0.05, 0) is 24.1 Å². The molecule has 0 saturated heterocycles. The third kappa shape index (κ3) is 4.43. The van der Waals surface area contributed by atoms with Gasteiger partial charge in [0.1, 0.15) is 0 Å². The smallest absolute Gasteiger partial charge is 0.276 e. The second-order valence-corrected chi connectivity index (χ2v) is 5.89. The molecule has 1 aliphatic rings. The standard InChI is InChI=1S/C12H19N3O2S.ClH/c1-2-14-18(16,17)15-9-12-11-6-4-3-5-10(11)7-8-13-12;/h3-6,12-15H,2,7-9H2,1H3;1H. The van der Waals surface area contributed by atoms with Gasteiger partial charge >= 0.3 is 0 Å². The van der Waals surface area contributed by atoms with E-state index in [4.69, 9.17) is 0 Å². The van der Waals surface area contributed by atoms with Crippen molar-refractivity contribution in [2.75, 3.05) is 19.6 Å². The molecule has 5 nitrogen and oxygen atoms in total. The molecule has 0 aromatic heterocycles. The Morgan fingerprint density at radius 2 is 2.05 bits per heavy atom. The Kier molecular flexibility index (Phi) is 6.22. The van der Waals surface area contributed by atoms with Gasteiger partial charge < -0.3 is 5.32 Å². The summed E-state index contributed by atoms with van der Waals surface area (Å²) in [6.45, 7) is 3.40. The van der Waals surface area contributed by atoms with Crippen molar-refractivity contribution in [1.82, 2.24) is 14.8 Å². The number of hydrogen-bond donors (Lipinski definition) is 3. The SMILES string of the molecule is CCNS(=O)(=O)NCC1NCCc2ccccc21.Cl. The van der Waals surface area contributed by atoms with Gasteiger partial charge in [0, 0.05) is 19.1 Å². The van der Waals surface area contributed by atoms with Crippen LogP contribution in [0.2, 0.25) is 0 Å². The fourth-order valence-corrected chi connectivity index (χ4v) is 3.08. The highest BCUT2D eigenvalue weighted by Gasteiger charge is 2.20. The van der Waals surface area contributed by atoms with E-state index in [0.29, 0.717) is 13.1 Å². The van der Waals surface area contributed by atoms with Crippen LogP contribution in [0.3, 0.4) is 0 Å². The average Bonchev–Trinajstić information content (AvgIpc) is 2.36. The minimum Gasteiger partial charge on any atom is -0.308 e. The van der Waals surface area contributed by atoms with Gasteiger partial charge in [-0.1, -0.05) is 31.2 Å². The lowest BCUT2D eigenvalue weighted by molar-refractivity contribution is 0.489. The van der Waals surface area contributed by atoms with Crippen LogP contribution in [-0.2, 0) is 16.6 Å². The molecule has 19 heavy (non-hydrogen) atoms. The molecule has 1 heterocycles. The van der Waals surface area contributed by atoms with Crippen LogP contribution in [0.5, 0.6) is 0 Å². The molecule has 0 bridgehead atoms. The Morgan fingerprint density at radius 1 is 1.32 bits per heavy atom. The maximum atomic E-state index is 11.5. The van der Waals surface area contributed by atoms with Gasteiger partial charge in [-0.2, -0.15) is 8.42 Å². The summed E-state index contributed by atoms with van der Waals surface area (Å²) in [5.41, 5.74) is 2.48. The van der Waals surface area contributed by atoms with E-state index in [2.05, 4.69) is 20.8 Å². The van der Waals surface area contributed by atoms with Crippen molar-refractivity contribution in [3.63, 3.8) is 0 Å². The molecule has 1 aromatic carbocycles. The Balaban J connectivity index is 0.00000180. The second kappa shape index (κ2) is 7.21. The maximum absolute atomic E-state index is 11.5. The van der Waals surface area contributed by atoms with Crippen molar-refractivity contribution in [3.8, 4) is 0 Å². The molecule has 7 heteroatoms. The lowest BCUT2D eigenvalue weighted by Crippen LogP contribution is -2.43. The van der Waals surface area contributed by atoms with Crippen molar-refractivity contribution in [2.45, 2.75) is 19.4 Å². The molecule has 0 saturated carbocycles. The minimum absolute atomic E-state index is 0. The molecule has 2 rings (SSSR count). The molecular weight excluding hydrogens is 286 g/mol. The highest BCUT2D eigenvalue weighted by Crippen LogP contribution is 2.21. The molecule has 1 aliphatic heterocycles. The summed E-state index contributed by atoms with van der Waals surface area (Å²) >= 11 is 0. The molecule has 0 radical (unpaired) electrons. The zero-order valence-electron chi connectivity index (χ0n) is 10.8. The van der Waals surface area contributed by atoms with Gasteiger partial charge in [0.15, 0.2) is 0 Å². The molecular formula is C12H20ClN3O2S. The first kappa shape index (κ1) is 16.4. The molecule has 0 aliphatic carbocycles. The van der Waals surface area contributed by atoms with Crippen LogP contribution in [0.15, 0.2) is 24.3 Å². The van der Waals surface area contributed by atoms with Crippen LogP contribution < -0.4 is 14.8 Å². The average molecular weight is 306 g/mol. The first-order valence-electron chi connectivity index (χ1n) is 6.18. The number of nitrogens with one attached hydrogen (secondary N) is 3. The van der Waals surface area contributed by atoms with Gasteiger partial charge in [0.25, 0.3) is 10.2 Å². The summed E-state index contributed by atoms with van der Waals surface area (Å²) in [5, 5.41) is 3.34. The predicted octanol–water partition coefficient (Wildman–Crippen LogP) is 0.739. The lowest BCUT2D eigenvalue weighted by atomic mass is 9.95. The van der Waals surface area contributed by atoms with E-state index < -0.39 is 10.2 Å². The summed E-state index contributed by atoms with van der Waals surface area (Å²) in [5.74, 6) is 0. The zero-order chi connectivity index (χ0) is 13.0. The van der Waals surface area contributed by atoms with E-state index >= 15 is 0 Å². The van der Waals surface area contributed by atoms with Crippen LogP contribution in [0, 0.1) is 0 Å². The Hall–Kier alpha value is -0.660. The Labute approximate surface area is 120 Å². The third-order valence-corrected chi connectivity index (χ3v) is 4.24. The number of halogens is 1. The van der Waals surface area contributed by atoms with Gasteiger partial charge in [0.2, 0.25) is 0 Å². The van der Waals surface area contributed by atoms with E-state index in [0.717, 1.165) is 13.0 Å². The quantitative estimate of drug-likeness (QED) is 0.751. The molecule has 3 N–H and O–H groups in total. The summed E-state index contributed by atoms with van der Waals surface area (Å²) in [6.07, 6.45) is 0.993. The fraction of sp³-hybridized carbons (Fsp3) is 0.500. The highest BCUT2D eigenvalue weighted by atomic mass is 35.5. The topological polar surface area (TPSA) is 70.2 Å². The van der Waals surface area contributed by atoms with Crippen LogP contribution >= 0.6 is 12.4 Å². The van der Waals surface area contributed by atoms with Crippen molar-refractivity contribution in [1.29, 1.82) is 0 Å².